The van der Waals surface area contributed by atoms with E-state index in [9.17, 15) is 18.8 Å². The predicted molar refractivity (Wildman–Crippen MR) is 102 cm³/mol. The quantitative estimate of drug-likeness (QED) is 0.663. The number of ether oxygens (including phenoxy) is 1. The van der Waals surface area contributed by atoms with Crippen LogP contribution in [0.15, 0.2) is 11.4 Å². The van der Waals surface area contributed by atoms with Gasteiger partial charge in [-0.25, -0.2) is 4.39 Å². The maximum atomic E-state index is 14.6. The number of Topliss-reactive ketones (excluding diaryl/α,β-unsaturated/α-hetero) is 2. The summed E-state index contributed by atoms with van der Waals surface area (Å²) < 4.78 is 19.6. The summed E-state index contributed by atoms with van der Waals surface area (Å²) in [7, 11) is 0. The third-order valence-corrected chi connectivity index (χ3v) is 8.86. The zero-order chi connectivity index (χ0) is 20.3. The molecule has 0 amide bonds. The highest BCUT2D eigenvalue weighted by molar-refractivity contribution is 5.95. The number of halogens is 1. The van der Waals surface area contributed by atoms with E-state index in [1.54, 1.807) is 0 Å². The molecular weight excluding hydrogens is 359 g/mol. The van der Waals surface area contributed by atoms with E-state index in [1.165, 1.54) is 6.92 Å². The summed E-state index contributed by atoms with van der Waals surface area (Å²) in [6, 6.07) is 0. The highest BCUT2D eigenvalue weighted by Gasteiger charge is 2.60. The fraction of sp³-hybridized carbons (Fsp3) is 0.783. The Labute approximate surface area is 166 Å². The minimum absolute atomic E-state index is 0.0489. The van der Waals surface area contributed by atoms with Crippen LogP contribution in [0.2, 0.25) is 0 Å². The van der Waals surface area contributed by atoms with Crippen LogP contribution in [0.1, 0.15) is 72.1 Å². The zero-order valence-corrected chi connectivity index (χ0v) is 17.2. The molecule has 0 aromatic carbocycles. The van der Waals surface area contributed by atoms with Crippen LogP contribution in [0.25, 0.3) is 0 Å². The lowest BCUT2D eigenvalue weighted by atomic mass is 9.46. The number of ketones is 2. The fourth-order valence-electron chi connectivity index (χ4n) is 7.45. The van der Waals surface area contributed by atoms with Crippen LogP contribution < -0.4 is 0 Å². The van der Waals surface area contributed by atoms with Gasteiger partial charge in [0.2, 0.25) is 0 Å². The maximum absolute atomic E-state index is 14.6. The zero-order valence-electron chi connectivity index (χ0n) is 17.2. The summed E-state index contributed by atoms with van der Waals surface area (Å²) in [5, 5.41) is 0. The molecule has 28 heavy (non-hydrogen) atoms. The van der Waals surface area contributed by atoms with Gasteiger partial charge in [-0.05, 0) is 79.1 Å². The van der Waals surface area contributed by atoms with Crippen molar-refractivity contribution in [2.24, 2.45) is 34.5 Å². The summed E-state index contributed by atoms with van der Waals surface area (Å²) in [5.74, 6) is 0.157. The lowest BCUT2D eigenvalue weighted by Gasteiger charge is -2.58. The summed E-state index contributed by atoms with van der Waals surface area (Å²) in [4.78, 5) is 35.8. The van der Waals surface area contributed by atoms with Gasteiger partial charge in [0.1, 0.15) is 6.61 Å². The second-order valence-electron chi connectivity index (χ2n) is 9.97. The van der Waals surface area contributed by atoms with Crippen molar-refractivity contribution in [2.75, 3.05) is 6.61 Å². The summed E-state index contributed by atoms with van der Waals surface area (Å²) >= 11 is 0. The van der Waals surface area contributed by atoms with Crippen molar-refractivity contribution in [2.45, 2.75) is 72.1 Å². The molecule has 0 unspecified atom stereocenters. The van der Waals surface area contributed by atoms with E-state index in [4.69, 9.17) is 4.74 Å². The maximum Gasteiger partial charge on any atom is 0.303 e. The Morgan fingerprint density at radius 2 is 1.82 bits per heavy atom. The van der Waals surface area contributed by atoms with Crippen LogP contribution in [0, 0.1) is 34.5 Å². The highest BCUT2D eigenvalue weighted by Crippen LogP contribution is 2.67. The number of allylic oxidation sites excluding steroid dienone is 1. The molecule has 0 radical (unpaired) electrons. The van der Waals surface area contributed by atoms with E-state index in [0.717, 1.165) is 44.1 Å². The third-order valence-electron chi connectivity index (χ3n) is 8.86. The van der Waals surface area contributed by atoms with Crippen LogP contribution in [0.5, 0.6) is 0 Å². The number of fused-ring (bicyclic) bond motifs is 5. The Morgan fingerprint density at radius 3 is 2.54 bits per heavy atom. The molecule has 4 nitrogen and oxygen atoms in total. The largest absolute Gasteiger partial charge is 0.458 e. The van der Waals surface area contributed by atoms with Crippen LogP contribution in [0.3, 0.4) is 0 Å². The number of carbonyl (C=O) groups is 3. The lowest BCUT2D eigenvalue weighted by Crippen LogP contribution is -2.51. The van der Waals surface area contributed by atoms with E-state index in [-0.39, 0.29) is 34.9 Å². The van der Waals surface area contributed by atoms with Crippen molar-refractivity contribution in [3.05, 3.63) is 11.4 Å². The van der Waals surface area contributed by atoms with Gasteiger partial charge in [-0.2, -0.15) is 0 Å². The molecule has 0 aromatic rings. The molecule has 154 valence electrons. The van der Waals surface area contributed by atoms with Crippen molar-refractivity contribution >= 4 is 17.5 Å². The first-order valence-corrected chi connectivity index (χ1v) is 10.8. The topological polar surface area (TPSA) is 60.4 Å². The average molecular weight is 390 g/mol. The number of hydrogen-bond acceptors (Lipinski definition) is 4. The normalized spacial score (nSPS) is 42.5. The van der Waals surface area contributed by atoms with Gasteiger partial charge in [-0.15, -0.1) is 0 Å². The Morgan fingerprint density at radius 1 is 1.07 bits per heavy atom. The van der Waals surface area contributed by atoms with Crippen molar-refractivity contribution in [1.29, 1.82) is 0 Å². The Hall–Kier alpha value is -1.52. The average Bonchev–Trinajstić information content (AvgIpc) is 3.00. The number of carbonyl (C=O) groups excluding carboxylic acids is 3. The van der Waals surface area contributed by atoms with Gasteiger partial charge in [0.25, 0.3) is 0 Å². The van der Waals surface area contributed by atoms with Crippen molar-refractivity contribution in [3.63, 3.8) is 0 Å². The van der Waals surface area contributed by atoms with E-state index in [0.29, 0.717) is 30.6 Å². The van der Waals surface area contributed by atoms with E-state index >= 15 is 0 Å². The fourth-order valence-corrected chi connectivity index (χ4v) is 7.45. The van der Waals surface area contributed by atoms with Crippen LogP contribution >= 0.6 is 0 Å². The molecule has 0 aromatic heterocycles. The predicted octanol–water partition coefficient (Wildman–Crippen LogP) is 4.56. The molecule has 6 atom stereocenters. The Kier molecular flexibility index (Phi) is 4.79. The molecule has 0 saturated heterocycles. The standard InChI is InChI=1S/C23H31FO4/c1-13(25)28-12-20(27)17-7-6-15-14-4-5-18-21(24)19(26)9-11-23(18,3)16(14)8-10-22(15,17)2/h14-17H,4-12H2,1-3H3/t14-,15-,16-,17+,22-,23+/m0/s1. The molecule has 4 rings (SSSR count). The van der Waals surface area contributed by atoms with Gasteiger partial charge in [0.15, 0.2) is 17.4 Å². The number of hydrogen-bond donors (Lipinski definition) is 0. The van der Waals surface area contributed by atoms with Gasteiger partial charge in [0, 0.05) is 19.3 Å². The molecule has 0 heterocycles. The molecule has 0 bridgehead atoms. The summed E-state index contributed by atoms with van der Waals surface area (Å²) in [5.41, 5.74) is 0.509. The highest BCUT2D eigenvalue weighted by atomic mass is 19.1. The SMILES string of the molecule is CC(=O)OCC(=O)[C@H]1CC[C@H]2[C@@H]3CCC4=C(F)C(=O)CC[C@]4(C)[C@H]3CC[C@]12C. The summed E-state index contributed by atoms with van der Waals surface area (Å²) in [6.07, 6.45) is 6.48. The monoisotopic (exact) mass is 390 g/mol. The molecular formula is C23H31FO4. The van der Waals surface area contributed by atoms with Crippen LogP contribution in [0.4, 0.5) is 4.39 Å². The van der Waals surface area contributed by atoms with Crippen molar-refractivity contribution in [3.8, 4) is 0 Å². The first-order chi connectivity index (χ1) is 13.2. The van der Waals surface area contributed by atoms with E-state index in [1.807, 2.05) is 0 Å². The van der Waals surface area contributed by atoms with Gasteiger partial charge < -0.3 is 4.74 Å². The molecule has 4 aliphatic rings. The molecule has 3 saturated carbocycles. The number of esters is 1. The first-order valence-electron chi connectivity index (χ1n) is 10.8. The van der Waals surface area contributed by atoms with Crippen molar-refractivity contribution < 1.29 is 23.5 Å². The molecule has 0 aliphatic heterocycles. The molecule has 5 heteroatoms. The van der Waals surface area contributed by atoms with Crippen LogP contribution in [-0.4, -0.2) is 24.1 Å². The molecule has 0 spiro atoms. The van der Waals surface area contributed by atoms with Gasteiger partial charge in [0.05, 0.1) is 0 Å². The third kappa shape index (κ3) is 2.80. The molecule has 4 aliphatic carbocycles. The minimum atomic E-state index is -0.457. The van der Waals surface area contributed by atoms with Crippen molar-refractivity contribution in [1.82, 2.24) is 0 Å². The minimum Gasteiger partial charge on any atom is -0.458 e. The second kappa shape index (κ2) is 6.77. The Bertz CT molecular complexity index is 756. The first kappa shape index (κ1) is 19.8. The lowest BCUT2D eigenvalue weighted by molar-refractivity contribution is -0.149. The van der Waals surface area contributed by atoms with Gasteiger partial charge in [-0.3, -0.25) is 14.4 Å². The smallest absolute Gasteiger partial charge is 0.303 e. The van der Waals surface area contributed by atoms with E-state index < -0.39 is 11.8 Å². The van der Waals surface area contributed by atoms with Crippen LogP contribution in [-0.2, 0) is 19.1 Å². The second-order valence-corrected chi connectivity index (χ2v) is 9.97. The summed E-state index contributed by atoms with van der Waals surface area (Å²) in [6.45, 7) is 5.63. The molecule has 3 fully saturated rings. The molecule has 0 N–H and O–H groups in total. The Balaban J connectivity index is 1.58. The number of rotatable bonds is 3. The van der Waals surface area contributed by atoms with E-state index in [2.05, 4.69) is 13.8 Å². The van der Waals surface area contributed by atoms with Gasteiger partial charge >= 0.3 is 5.97 Å². The van der Waals surface area contributed by atoms with Gasteiger partial charge in [-0.1, -0.05) is 13.8 Å².